The van der Waals surface area contributed by atoms with Gasteiger partial charge in [-0.3, -0.25) is 0 Å². The fourth-order valence-electron chi connectivity index (χ4n) is 0.585. The maximum Gasteiger partial charge on any atom is 0.135 e. The van der Waals surface area contributed by atoms with Crippen molar-refractivity contribution in [2.24, 2.45) is 0 Å². The fourth-order valence-corrected chi connectivity index (χ4v) is 0.585. The van der Waals surface area contributed by atoms with Gasteiger partial charge in [-0.25, -0.2) is 0 Å². The maximum atomic E-state index is 5.19. The Hall–Kier alpha value is -0.235. The Kier molecular flexibility index (Phi) is 1.52. The second kappa shape index (κ2) is 2.17. The van der Waals surface area contributed by atoms with E-state index in [9.17, 15) is 0 Å². The molecule has 0 amide bonds. The van der Waals surface area contributed by atoms with Crippen LogP contribution < -0.4 is 0 Å². The number of hydrogen-bond acceptors (Lipinski definition) is 1. The first-order valence-corrected chi connectivity index (χ1v) is 2.71. The summed E-state index contributed by atoms with van der Waals surface area (Å²) >= 11 is 0. The molecule has 1 atom stereocenters. The van der Waals surface area contributed by atoms with Crippen LogP contribution in [0.1, 0.15) is 6.42 Å². The summed E-state index contributed by atoms with van der Waals surface area (Å²) in [7, 11) is 2.02. The molecule has 0 bridgehead atoms. The molecule has 7 heavy (non-hydrogen) atoms. The maximum absolute atomic E-state index is 5.19. The van der Waals surface area contributed by atoms with Crippen molar-refractivity contribution in [2.75, 3.05) is 6.51 Å². The Morgan fingerprint density at radius 2 is 2.57 bits per heavy atom. The first-order valence-electron chi connectivity index (χ1n) is 2.71. The average Bonchev–Trinajstić information content (AvgIpc) is 1.55. The van der Waals surface area contributed by atoms with E-state index in [1.54, 1.807) is 0 Å². The first kappa shape index (κ1) is 4.91. The minimum atomic E-state index is 0.449. The van der Waals surface area contributed by atoms with Gasteiger partial charge >= 0.3 is 0 Å². The molecule has 1 nitrogen and oxygen atoms in total. The summed E-state index contributed by atoms with van der Waals surface area (Å²) < 4.78 is 5.19. The molecule has 0 aliphatic heterocycles. The van der Waals surface area contributed by atoms with Crippen LogP contribution in [0.25, 0.3) is 0 Å². The standard InChI is InChI=1S/C5H9BO/c6-4-7-5-2-1-3-5/h1-2,5H,3-4,6H2. The Morgan fingerprint density at radius 3 is 2.71 bits per heavy atom. The highest BCUT2D eigenvalue weighted by molar-refractivity contribution is 6.08. The van der Waals surface area contributed by atoms with E-state index in [1.165, 1.54) is 0 Å². The van der Waals surface area contributed by atoms with E-state index >= 15 is 0 Å². The molecule has 1 aliphatic carbocycles. The molecule has 0 saturated carbocycles. The van der Waals surface area contributed by atoms with Gasteiger partial charge in [0.15, 0.2) is 0 Å². The van der Waals surface area contributed by atoms with Crippen LogP contribution in [0, 0.1) is 0 Å². The van der Waals surface area contributed by atoms with Gasteiger partial charge in [-0.15, -0.1) is 0 Å². The molecule has 0 aromatic rings. The third kappa shape index (κ3) is 1.06. The van der Waals surface area contributed by atoms with Gasteiger partial charge in [0.25, 0.3) is 0 Å². The molecule has 0 N–H and O–H groups in total. The SMILES string of the molecule is BCOC1C=CC1. The number of ether oxygens (including phenoxy) is 1. The van der Waals surface area contributed by atoms with Crippen molar-refractivity contribution in [3.05, 3.63) is 12.2 Å². The molecule has 0 fully saturated rings. The van der Waals surface area contributed by atoms with Crippen LogP contribution >= 0.6 is 0 Å². The second-order valence-corrected chi connectivity index (χ2v) is 1.66. The molecule has 0 saturated heterocycles. The largest absolute Gasteiger partial charge is 0.383 e. The van der Waals surface area contributed by atoms with E-state index in [4.69, 9.17) is 4.74 Å². The zero-order chi connectivity index (χ0) is 5.11. The molecule has 0 radical (unpaired) electrons. The lowest BCUT2D eigenvalue weighted by Gasteiger charge is -2.16. The average molecular weight is 95.9 g/mol. The molecule has 0 heterocycles. The van der Waals surface area contributed by atoms with E-state index < -0.39 is 0 Å². The monoisotopic (exact) mass is 96.1 g/mol. The highest BCUT2D eigenvalue weighted by Crippen LogP contribution is 2.10. The van der Waals surface area contributed by atoms with Gasteiger partial charge in [0.2, 0.25) is 0 Å². The molecule has 0 spiro atoms. The zero-order valence-electron chi connectivity index (χ0n) is 4.55. The Morgan fingerprint density at radius 1 is 1.86 bits per heavy atom. The van der Waals surface area contributed by atoms with Gasteiger partial charge in [-0.2, -0.15) is 0 Å². The summed E-state index contributed by atoms with van der Waals surface area (Å²) in [5.74, 6) is 0. The van der Waals surface area contributed by atoms with Crippen molar-refractivity contribution in [1.29, 1.82) is 0 Å². The molecule has 1 aliphatic rings. The van der Waals surface area contributed by atoms with E-state index in [0.29, 0.717) is 6.10 Å². The Bertz CT molecular complexity index is 80.1. The third-order valence-electron chi connectivity index (χ3n) is 1.10. The Labute approximate surface area is 44.8 Å². The summed E-state index contributed by atoms with van der Waals surface area (Å²) in [5, 5.41) is 0. The normalized spacial score (nSPS) is 27.1. The van der Waals surface area contributed by atoms with Crippen LogP contribution in [-0.4, -0.2) is 20.5 Å². The van der Waals surface area contributed by atoms with Crippen molar-refractivity contribution in [2.45, 2.75) is 12.5 Å². The second-order valence-electron chi connectivity index (χ2n) is 1.66. The van der Waals surface area contributed by atoms with E-state index in [-0.39, 0.29) is 0 Å². The van der Waals surface area contributed by atoms with Gasteiger partial charge in [0, 0.05) is 6.51 Å². The number of rotatable bonds is 2. The molecule has 0 aromatic carbocycles. The lowest BCUT2D eigenvalue weighted by atomic mass is 10.1. The van der Waals surface area contributed by atoms with Gasteiger partial charge < -0.3 is 4.74 Å². The lowest BCUT2D eigenvalue weighted by Crippen LogP contribution is -2.15. The van der Waals surface area contributed by atoms with E-state index in [1.807, 2.05) is 7.85 Å². The lowest BCUT2D eigenvalue weighted by molar-refractivity contribution is 0.114. The molecule has 1 rings (SSSR count). The third-order valence-corrected chi connectivity index (χ3v) is 1.10. The zero-order valence-corrected chi connectivity index (χ0v) is 4.55. The van der Waals surface area contributed by atoms with Crippen molar-refractivity contribution in [3.8, 4) is 0 Å². The van der Waals surface area contributed by atoms with Crippen LogP contribution in [0.3, 0.4) is 0 Å². The van der Waals surface area contributed by atoms with Crippen LogP contribution in [0.15, 0.2) is 12.2 Å². The summed E-state index contributed by atoms with van der Waals surface area (Å²) in [5.41, 5.74) is 0. The van der Waals surface area contributed by atoms with Crippen molar-refractivity contribution in [3.63, 3.8) is 0 Å². The Balaban J connectivity index is 2.06. The van der Waals surface area contributed by atoms with Crippen molar-refractivity contribution >= 4 is 7.85 Å². The molecule has 38 valence electrons. The minimum Gasteiger partial charge on any atom is -0.383 e. The van der Waals surface area contributed by atoms with Crippen molar-refractivity contribution < 1.29 is 4.74 Å². The quantitative estimate of drug-likeness (QED) is 0.345. The van der Waals surface area contributed by atoms with Crippen molar-refractivity contribution in [1.82, 2.24) is 0 Å². The van der Waals surface area contributed by atoms with E-state index in [0.717, 1.165) is 12.9 Å². The summed E-state index contributed by atoms with van der Waals surface area (Å²) in [6.45, 7) is 0.842. The molecule has 1 unspecified atom stereocenters. The number of hydrogen-bond donors (Lipinski definition) is 0. The molecular formula is C5H9BO. The van der Waals surface area contributed by atoms with E-state index in [2.05, 4.69) is 12.2 Å². The molecular weight excluding hydrogens is 86.9 g/mol. The topological polar surface area (TPSA) is 9.23 Å². The summed E-state index contributed by atoms with van der Waals surface area (Å²) in [6.07, 6.45) is 5.78. The van der Waals surface area contributed by atoms with Gasteiger partial charge in [-0.1, -0.05) is 12.2 Å². The fraction of sp³-hybridized carbons (Fsp3) is 0.600. The minimum absolute atomic E-state index is 0.449. The highest BCUT2D eigenvalue weighted by atomic mass is 16.5. The predicted octanol–water partition coefficient (Wildman–Crippen LogP) is -0.0779. The van der Waals surface area contributed by atoms with Crippen LogP contribution in [0.5, 0.6) is 0 Å². The van der Waals surface area contributed by atoms with Gasteiger partial charge in [-0.05, 0) is 6.42 Å². The summed E-state index contributed by atoms with van der Waals surface area (Å²) in [6, 6.07) is 0. The van der Waals surface area contributed by atoms with Crippen LogP contribution in [0.4, 0.5) is 0 Å². The predicted molar refractivity (Wildman–Crippen MR) is 32.0 cm³/mol. The summed E-state index contributed by atoms with van der Waals surface area (Å²) in [4.78, 5) is 0. The smallest absolute Gasteiger partial charge is 0.135 e. The van der Waals surface area contributed by atoms with Gasteiger partial charge in [0.1, 0.15) is 7.85 Å². The first-order chi connectivity index (χ1) is 3.43. The molecule has 2 heteroatoms. The highest BCUT2D eigenvalue weighted by Gasteiger charge is 2.06. The van der Waals surface area contributed by atoms with Crippen LogP contribution in [-0.2, 0) is 4.74 Å². The van der Waals surface area contributed by atoms with Gasteiger partial charge in [0.05, 0.1) is 6.10 Å². The molecule has 0 aromatic heterocycles. The van der Waals surface area contributed by atoms with Crippen LogP contribution in [0.2, 0.25) is 0 Å².